The Hall–Kier alpha value is -2.36. The van der Waals surface area contributed by atoms with E-state index in [1.807, 2.05) is 32.0 Å². The number of carbonyl (C=O) groups excluding carboxylic acids is 1. The van der Waals surface area contributed by atoms with Gasteiger partial charge in [0.05, 0.1) is 13.2 Å². The first-order valence-electron chi connectivity index (χ1n) is 7.37. The number of rotatable bonds is 7. The van der Waals surface area contributed by atoms with Crippen molar-refractivity contribution in [1.29, 1.82) is 0 Å². The number of carbonyl (C=O) groups is 1. The Labute approximate surface area is 131 Å². The number of ether oxygens (including phenoxy) is 2. The molecule has 0 fully saturated rings. The second-order valence-corrected chi connectivity index (χ2v) is 5.32. The number of pyridine rings is 1. The van der Waals surface area contributed by atoms with Crippen LogP contribution < -0.4 is 9.47 Å². The van der Waals surface area contributed by atoms with Crippen LogP contribution in [0.2, 0.25) is 0 Å². The maximum atomic E-state index is 12.1. The molecule has 0 saturated carbocycles. The van der Waals surface area contributed by atoms with Gasteiger partial charge in [0.2, 0.25) is 0 Å². The standard InChI is InChI=1S/C18H21NO3/c1-13(2)22-17-9-7-14(11-18(17)21-3)6-8-16(20)15-5-4-10-19-12-15/h4-5,7,9-13H,6,8H2,1-3H3. The average molecular weight is 299 g/mol. The molecule has 4 heteroatoms. The molecule has 2 aromatic rings. The lowest BCUT2D eigenvalue weighted by Gasteiger charge is -2.14. The van der Waals surface area contributed by atoms with Crippen LogP contribution in [0.4, 0.5) is 0 Å². The van der Waals surface area contributed by atoms with Gasteiger partial charge in [0.15, 0.2) is 17.3 Å². The normalized spacial score (nSPS) is 10.5. The summed E-state index contributed by atoms with van der Waals surface area (Å²) in [6.07, 6.45) is 4.45. The van der Waals surface area contributed by atoms with Gasteiger partial charge in [0, 0.05) is 24.4 Å². The van der Waals surface area contributed by atoms with E-state index >= 15 is 0 Å². The zero-order valence-corrected chi connectivity index (χ0v) is 13.2. The molecule has 0 amide bonds. The Morgan fingerprint density at radius 3 is 2.68 bits per heavy atom. The topological polar surface area (TPSA) is 48.4 Å². The van der Waals surface area contributed by atoms with Crippen LogP contribution in [0.1, 0.15) is 36.2 Å². The third-order valence-electron chi connectivity index (χ3n) is 3.21. The molecular formula is C18H21NO3. The highest BCUT2D eigenvalue weighted by molar-refractivity contribution is 5.95. The zero-order chi connectivity index (χ0) is 15.9. The smallest absolute Gasteiger partial charge is 0.164 e. The van der Waals surface area contributed by atoms with Crippen LogP contribution in [-0.2, 0) is 6.42 Å². The van der Waals surface area contributed by atoms with E-state index < -0.39 is 0 Å². The largest absolute Gasteiger partial charge is 0.493 e. The minimum Gasteiger partial charge on any atom is -0.493 e. The maximum Gasteiger partial charge on any atom is 0.164 e. The number of aromatic nitrogens is 1. The molecule has 0 aliphatic rings. The Balaban J connectivity index is 2.03. The second kappa shape index (κ2) is 7.59. The Kier molecular flexibility index (Phi) is 5.53. The lowest BCUT2D eigenvalue weighted by molar-refractivity contribution is 0.0982. The van der Waals surface area contributed by atoms with Crippen molar-refractivity contribution < 1.29 is 14.3 Å². The van der Waals surface area contributed by atoms with E-state index in [9.17, 15) is 4.79 Å². The van der Waals surface area contributed by atoms with Crippen molar-refractivity contribution in [2.45, 2.75) is 32.8 Å². The highest BCUT2D eigenvalue weighted by atomic mass is 16.5. The van der Waals surface area contributed by atoms with Crippen LogP contribution in [0.5, 0.6) is 11.5 Å². The summed E-state index contributed by atoms with van der Waals surface area (Å²) in [5, 5.41) is 0. The number of Topliss-reactive ketones (excluding diaryl/α,β-unsaturated/α-hetero) is 1. The van der Waals surface area contributed by atoms with E-state index in [4.69, 9.17) is 9.47 Å². The summed E-state index contributed by atoms with van der Waals surface area (Å²) < 4.78 is 11.0. The van der Waals surface area contributed by atoms with Crippen LogP contribution in [-0.4, -0.2) is 24.0 Å². The maximum absolute atomic E-state index is 12.1. The van der Waals surface area contributed by atoms with Gasteiger partial charge in [-0.05, 0) is 50.1 Å². The summed E-state index contributed by atoms with van der Waals surface area (Å²) in [5.41, 5.74) is 1.69. The summed E-state index contributed by atoms with van der Waals surface area (Å²) >= 11 is 0. The molecule has 0 aliphatic heterocycles. The molecule has 0 saturated heterocycles. The predicted octanol–water partition coefficient (Wildman–Crippen LogP) is 3.69. The van der Waals surface area contributed by atoms with Gasteiger partial charge in [0.25, 0.3) is 0 Å². The first-order valence-corrected chi connectivity index (χ1v) is 7.37. The Morgan fingerprint density at radius 2 is 2.05 bits per heavy atom. The summed E-state index contributed by atoms with van der Waals surface area (Å²) in [7, 11) is 1.62. The molecule has 1 heterocycles. The van der Waals surface area contributed by atoms with E-state index in [1.54, 1.807) is 31.6 Å². The molecule has 4 nitrogen and oxygen atoms in total. The van der Waals surface area contributed by atoms with E-state index in [0.29, 0.717) is 24.2 Å². The lowest BCUT2D eigenvalue weighted by atomic mass is 10.0. The predicted molar refractivity (Wildman–Crippen MR) is 85.6 cm³/mol. The number of aryl methyl sites for hydroxylation is 1. The third-order valence-corrected chi connectivity index (χ3v) is 3.21. The van der Waals surface area contributed by atoms with Crippen molar-refractivity contribution >= 4 is 5.78 Å². The van der Waals surface area contributed by atoms with Crippen molar-refractivity contribution in [3.05, 3.63) is 53.9 Å². The first-order chi connectivity index (χ1) is 10.6. The molecule has 0 radical (unpaired) electrons. The Bertz CT molecular complexity index is 623. The quantitative estimate of drug-likeness (QED) is 0.732. The minimum atomic E-state index is 0.0897. The molecule has 0 spiro atoms. The molecule has 22 heavy (non-hydrogen) atoms. The minimum absolute atomic E-state index is 0.0897. The van der Waals surface area contributed by atoms with Gasteiger partial charge in [-0.2, -0.15) is 0 Å². The number of methoxy groups -OCH3 is 1. The fourth-order valence-electron chi connectivity index (χ4n) is 2.15. The third kappa shape index (κ3) is 4.32. The lowest BCUT2D eigenvalue weighted by Crippen LogP contribution is -2.07. The van der Waals surface area contributed by atoms with Crippen molar-refractivity contribution in [2.24, 2.45) is 0 Å². The first kappa shape index (κ1) is 16.0. The van der Waals surface area contributed by atoms with Gasteiger partial charge in [-0.1, -0.05) is 6.07 Å². The summed E-state index contributed by atoms with van der Waals surface area (Å²) in [6.45, 7) is 3.94. The zero-order valence-electron chi connectivity index (χ0n) is 13.2. The van der Waals surface area contributed by atoms with Gasteiger partial charge < -0.3 is 9.47 Å². The number of nitrogens with zero attached hydrogens (tertiary/aromatic N) is 1. The van der Waals surface area contributed by atoms with E-state index in [1.165, 1.54) is 0 Å². The number of benzene rings is 1. The van der Waals surface area contributed by atoms with Crippen LogP contribution in [0, 0.1) is 0 Å². The van der Waals surface area contributed by atoms with Crippen LogP contribution in [0.25, 0.3) is 0 Å². The average Bonchev–Trinajstić information content (AvgIpc) is 2.54. The van der Waals surface area contributed by atoms with Gasteiger partial charge in [0.1, 0.15) is 0 Å². The summed E-state index contributed by atoms with van der Waals surface area (Å²) in [6, 6.07) is 9.34. The van der Waals surface area contributed by atoms with E-state index in [2.05, 4.69) is 4.98 Å². The van der Waals surface area contributed by atoms with Gasteiger partial charge in [-0.25, -0.2) is 0 Å². The molecular weight excluding hydrogens is 278 g/mol. The molecule has 0 bridgehead atoms. The van der Waals surface area contributed by atoms with Crippen LogP contribution in [0.3, 0.4) is 0 Å². The molecule has 2 rings (SSSR count). The van der Waals surface area contributed by atoms with Gasteiger partial charge in [-0.15, -0.1) is 0 Å². The monoisotopic (exact) mass is 299 g/mol. The van der Waals surface area contributed by atoms with Crippen molar-refractivity contribution in [2.75, 3.05) is 7.11 Å². The molecule has 0 aliphatic carbocycles. The molecule has 0 N–H and O–H groups in total. The molecule has 0 atom stereocenters. The molecule has 1 aromatic heterocycles. The highest BCUT2D eigenvalue weighted by Gasteiger charge is 2.10. The summed E-state index contributed by atoms with van der Waals surface area (Å²) in [5.74, 6) is 1.51. The van der Waals surface area contributed by atoms with E-state index in [0.717, 1.165) is 11.3 Å². The molecule has 1 aromatic carbocycles. The van der Waals surface area contributed by atoms with Crippen molar-refractivity contribution in [3.63, 3.8) is 0 Å². The van der Waals surface area contributed by atoms with Crippen molar-refractivity contribution in [3.8, 4) is 11.5 Å². The van der Waals surface area contributed by atoms with Crippen LogP contribution >= 0.6 is 0 Å². The molecule has 116 valence electrons. The fourth-order valence-corrected chi connectivity index (χ4v) is 2.15. The number of hydrogen-bond donors (Lipinski definition) is 0. The Morgan fingerprint density at radius 1 is 1.23 bits per heavy atom. The summed E-state index contributed by atoms with van der Waals surface area (Å²) in [4.78, 5) is 16.1. The van der Waals surface area contributed by atoms with Crippen LogP contribution in [0.15, 0.2) is 42.7 Å². The van der Waals surface area contributed by atoms with E-state index in [-0.39, 0.29) is 11.9 Å². The second-order valence-electron chi connectivity index (χ2n) is 5.32. The van der Waals surface area contributed by atoms with Gasteiger partial charge in [-0.3, -0.25) is 9.78 Å². The molecule has 0 unspecified atom stereocenters. The van der Waals surface area contributed by atoms with Gasteiger partial charge >= 0.3 is 0 Å². The van der Waals surface area contributed by atoms with Crippen molar-refractivity contribution in [1.82, 2.24) is 4.98 Å². The SMILES string of the molecule is COc1cc(CCC(=O)c2cccnc2)ccc1OC(C)C. The fraction of sp³-hybridized carbons (Fsp3) is 0.333. The number of ketones is 1. The highest BCUT2D eigenvalue weighted by Crippen LogP contribution is 2.29. The number of hydrogen-bond acceptors (Lipinski definition) is 4.